The molecule has 0 unspecified atom stereocenters. The van der Waals surface area contributed by atoms with Crippen molar-refractivity contribution in [2.75, 3.05) is 0 Å². The summed E-state index contributed by atoms with van der Waals surface area (Å²) in [7, 11) is 0. The quantitative estimate of drug-likeness (QED) is 0.758. The highest BCUT2D eigenvalue weighted by atomic mass is 16.5. The van der Waals surface area contributed by atoms with E-state index in [1.807, 2.05) is 30.3 Å². The average Bonchev–Trinajstić information content (AvgIpc) is 2.66. The number of rotatable bonds is 6. The number of hydrogen-bond acceptors (Lipinski definition) is 4. The van der Waals surface area contributed by atoms with Gasteiger partial charge >= 0.3 is 0 Å². The van der Waals surface area contributed by atoms with Crippen molar-refractivity contribution < 1.29 is 9.53 Å². The fourth-order valence-corrected chi connectivity index (χ4v) is 2.13. The lowest BCUT2D eigenvalue weighted by atomic mass is 10.2. The second-order valence-electron chi connectivity index (χ2n) is 5.18. The van der Waals surface area contributed by atoms with Gasteiger partial charge in [-0.1, -0.05) is 12.1 Å². The van der Waals surface area contributed by atoms with E-state index in [1.165, 1.54) is 0 Å². The summed E-state index contributed by atoms with van der Waals surface area (Å²) in [5.41, 5.74) is 2.40. The van der Waals surface area contributed by atoms with Crippen molar-refractivity contribution in [3.05, 3.63) is 90.0 Å². The molecule has 120 valence electrons. The molecule has 0 spiro atoms. The zero-order valence-corrected chi connectivity index (χ0v) is 13.1. The zero-order chi connectivity index (χ0) is 16.6. The average molecular weight is 319 g/mol. The number of nitrogens with zero attached hydrogens (tertiary/aromatic N) is 2. The molecule has 0 fully saturated rings. The Bertz CT molecular complexity index is 775. The van der Waals surface area contributed by atoms with Gasteiger partial charge in [-0.15, -0.1) is 0 Å². The minimum Gasteiger partial charge on any atom is -0.489 e. The topological polar surface area (TPSA) is 64.1 Å². The maximum atomic E-state index is 12.1. The summed E-state index contributed by atoms with van der Waals surface area (Å²) < 4.78 is 5.67. The normalized spacial score (nSPS) is 10.2. The highest BCUT2D eigenvalue weighted by Crippen LogP contribution is 2.14. The molecular formula is C19H17N3O2. The Hall–Kier alpha value is -3.21. The Morgan fingerprint density at radius 2 is 1.88 bits per heavy atom. The Labute approximate surface area is 140 Å². The minimum absolute atomic E-state index is 0.139. The van der Waals surface area contributed by atoms with Crippen LogP contribution >= 0.6 is 0 Å². The summed E-state index contributed by atoms with van der Waals surface area (Å²) >= 11 is 0. The molecule has 2 heterocycles. The fourth-order valence-electron chi connectivity index (χ4n) is 2.13. The first-order chi connectivity index (χ1) is 11.8. The molecule has 3 rings (SSSR count). The maximum absolute atomic E-state index is 12.1. The van der Waals surface area contributed by atoms with Crippen molar-refractivity contribution in [1.29, 1.82) is 0 Å². The molecule has 0 aliphatic carbocycles. The van der Waals surface area contributed by atoms with Crippen LogP contribution in [0.1, 0.15) is 21.6 Å². The van der Waals surface area contributed by atoms with Gasteiger partial charge in [-0.25, -0.2) is 0 Å². The van der Waals surface area contributed by atoms with E-state index in [-0.39, 0.29) is 5.91 Å². The first-order valence-electron chi connectivity index (χ1n) is 7.61. The van der Waals surface area contributed by atoms with Gasteiger partial charge < -0.3 is 10.1 Å². The molecule has 1 aromatic carbocycles. The van der Waals surface area contributed by atoms with Gasteiger partial charge in [0.15, 0.2) is 0 Å². The molecule has 0 radical (unpaired) electrons. The number of carbonyl (C=O) groups is 1. The van der Waals surface area contributed by atoms with Gasteiger partial charge in [0.05, 0.1) is 12.2 Å². The SMILES string of the molecule is O=C(NCc1ccccn1)c1ccc(OCc2cccnc2)cc1. The van der Waals surface area contributed by atoms with E-state index < -0.39 is 0 Å². The van der Waals surface area contributed by atoms with Crippen molar-refractivity contribution in [2.45, 2.75) is 13.2 Å². The molecule has 3 aromatic rings. The molecule has 0 atom stereocenters. The summed E-state index contributed by atoms with van der Waals surface area (Å²) in [4.78, 5) is 20.3. The van der Waals surface area contributed by atoms with Crippen molar-refractivity contribution in [3.8, 4) is 5.75 Å². The Morgan fingerprint density at radius 3 is 2.58 bits per heavy atom. The lowest BCUT2D eigenvalue weighted by Gasteiger charge is -2.08. The lowest BCUT2D eigenvalue weighted by molar-refractivity contribution is 0.0950. The number of amides is 1. The minimum atomic E-state index is -0.139. The van der Waals surface area contributed by atoms with Crippen molar-refractivity contribution in [1.82, 2.24) is 15.3 Å². The highest BCUT2D eigenvalue weighted by molar-refractivity contribution is 5.94. The fraction of sp³-hybridized carbons (Fsp3) is 0.105. The third-order valence-corrected chi connectivity index (χ3v) is 3.40. The molecule has 2 aromatic heterocycles. The van der Waals surface area contributed by atoms with E-state index in [1.54, 1.807) is 42.9 Å². The third kappa shape index (κ3) is 4.39. The molecule has 24 heavy (non-hydrogen) atoms. The van der Waals surface area contributed by atoms with E-state index in [2.05, 4.69) is 15.3 Å². The first-order valence-corrected chi connectivity index (χ1v) is 7.61. The molecule has 5 heteroatoms. The highest BCUT2D eigenvalue weighted by Gasteiger charge is 2.06. The van der Waals surface area contributed by atoms with Gasteiger partial charge in [-0.3, -0.25) is 14.8 Å². The van der Waals surface area contributed by atoms with Crippen LogP contribution in [-0.2, 0) is 13.2 Å². The van der Waals surface area contributed by atoms with Crippen LogP contribution in [0.2, 0.25) is 0 Å². The standard InChI is InChI=1S/C19H17N3O2/c23-19(22-13-17-5-1-2-11-21-17)16-6-8-18(9-7-16)24-14-15-4-3-10-20-12-15/h1-12H,13-14H2,(H,22,23). The third-order valence-electron chi connectivity index (χ3n) is 3.40. The number of aromatic nitrogens is 2. The van der Waals surface area contributed by atoms with Gasteiger partial charge in [0, 0.05) is 29.7 Å². The molecule has 1 N–H and O–H groups in total. The van der Waals surface area contributed by atoms with Crippen LogP contribution in [0.4, 0.5) is 0 Å². The predicted octanol–water partition coefficient (Wildman–Crippen LogP) is 2.99. The molecule has 5 nitrogen and oxygen atoms in total. The van der Waals surface area contributed by atoms with Crippen LogP contribution in [0.15, 0.2) is 73.2 Å². The Morgan fingerprint density at radius 1 is 1.00 bits per heavy atom. The number of ether oxygens (including phenoxy) is 1. The number of benzene rings is 1. The van der Waals surface area contributed by atoms with E-state index in [4.69, 9.17) is 4.74 Å². The molecule has 0 saturated heterocycles. The molecule has 0 aliphatic heterocycles. The summed E-state index contributed by atoms with van der Waals surface area (Å²) in [6.45, 7) is 0.845. The van der Waals surface area contributed by atoms with Gasteiger partial charge in [-0.2, -0.15) is 0 Å². The van der Waals surface area contributed by atoms with Crippen LogP contribution in [-0.4, -0.2) is 15.9 Å². The molecular weight excluding hydrogens is 302 g/mol. The van der Waals surface area contributed by atoms with E-state index >= 15 is 0 Å². The summed E-state index contributed by atoms with van der Waals surface area (Å²) in [5.74, 6) is 0.569. The van der Waals surface area contributed by atoms with Crippen LogP contribution in [0.25, 0.3) is 0 Å². The summed E-state index contributed by atoms with van der Waals surface area (Å²) in [6, 6.07) is 16.5. The predicted molar refractivity (Wildman–Crippen MR) is 90.4 cm³/mol. The van der Waals surface area contributed by atoms with Crippen molar-refractivity contribution >= 4 is 5.91 Å². The molecule has 0 aliphatic rings. The lowest BCUT2D eigenvalue weighted by Crippen LogP contribution is -2.23. The van der Waals surface area contributed by atoms with Crippen LogP contribution in [0.5, 0.6) is 5.75 Å². The van der Waals surface area contributed by atoms with Crippen molar-refractivity contribution in [2.24, 2.45) is 0 Å². The number of nitrogens with one attached hydrogen (secondary N) is 1. The monoisotopic (exact) mass is 319 g/mol. The van der Waals surface area contributed by atoms with Crippen LogP contribution < -0.4 is 10.1 Å². The first kappa shape index (κ1) is 15.7. The smallest absolute Gasteiger partial charge is 0.251 e. The maximum Gasteiger partial charge on any atom is 0.251 e. The van der Waals surface area contributed by atoms with E-state index in [0.717, 1.165) is 11.3 Å². The van der Waals surface area contributed by atoms with E-state index in [0.29, 0.717) is 24.5 Å². The molecule has 0 bridgehead atoms. The van der Waals surface area contributed by atoms with Gasteiger partial charge in [0.1, 0.15) is 12.4 Å². The van der Waals surface area contributed by atoms with Gasteiger partial charge in [-0.05, 0) is 42.5 Å². The Balaban J connectivity index is 1.53. The van der Waals surface area contributed by atoms with Gasteiger partial charge in [0.25, 0.3) is 5.91 Å². The Kier molecular flexibility index (Phi) is 5.14. The summed E-state index contributed by atoms with van der Waals surface area (Å²) in [6.07, 6.45) is 5.19. The number of hydrogen-bond donors (Lipinski definition) is 1. The second-order valence-corrected chi connectivity index (χ2v) is 5.18. The second kappa shape index (κ2) is 7.87. The van der Waals surface area contributed by atoms with Crippen LogP contribution in [0, 0.1) is 0 Å². The summed E-state index contributed by atoms with van der Waals surface area (Å²) in [5, 5.41) is 2.84. The molecule has 0 saturated carbocycles. The van der Waals surface area contributed by atoms with E-state index in [9.17, 15) is 4.79 Å². The number of pyridine rings is 2. The van der Waals surface area contributed by atoms with Gasteiger partial charge in [0.2, 0.25) is 0 Å². The zero-order valence-electron chi connectivity index (χ0n) is 13.1. The number of carbonyl (C=O) groups excluding carboxylic acids is 1. The largest absolute Gasteiger partial charge is 0.489 e. The molecule has 1 amide bonds. The van der Waals surface area contributed by atoms with Crippen LogP contribution in [0.3, 0.4) is 0 Å². The van der Waals surface area contributed by atoms with Crippen molar-refractivity contribution in [3.63, 3.8) is 0 Å².